The number of methoxy groups -OCH3 is 1. The van der Waals surface area contributed by atoms with E-state index in [0.717, 1.165) is 24.2 Å². The van der Waals surface area contributed by atoms with Gasteiger partial charge in [0.15, 0.2) is 0 Å². The van der Waals surface area contributed by atoms with Crippen molar-refractivity contribution < 1.29 is 9.53 Å². The first-order chi connectivity index (χ1) is 11.6. The predicted octanol–water partition coefficient (Wildman–Crippen LogP) is 4.17. The maximum absolute atomic E-state index is 11.9. The van der Waals surface area contributed by atoms with Gasteiger partial charge in [-0.3, -0.25) is 0 Å². The number of carbonyl (C=O) groups excluding carboxylic acids is 1. The summed E-state index contributed by atoms with van der Waals surface area (Å²) in [6.45, 7) is 2.46. The Morgan fingerprint density at radius 3 is 2.58 bits per heavy atom. The number of benzene rings is 2. The summed E-state index contributed by atoms with van der Waals surface area (Å²) in [4.78, 5) is 11.9. The third kappa shape index (κ3) is 6.13. The first-order valence-corrected chi connectivity index (χ1v) is 8.36. The number of ether oxygens (including phenoxy) is 1. The molecule has 0 saturated carbocycles. The molecule has 2 aromatic carbocycles. The molecule has 0 aliphatic carbocycles. The number of rotatable bonds is 7. The van der Waals surface area contributed by atoms with Crippen LogP contribution in [-0.4, -0.2) is 19.2 Å². The van der Waals surface area contributed by atoms with Crippen LogP contribution in [0.25, 0.3) is 0 Å². The summed E-state index contributed by atoms with van der Waals surface area (Å²) in [5, 5.41) is 6.46. The van der Waals surface area contributed by atoms with Crippen molar-refractivity contribution in [3.8, 4) is 5.75 Å². The molecule has 1 unspecified atom stereocenters. The summed E-state index contributed by atoms with van der Waals surface area (Å²) < 4.78 is 5.14. The van der Waals surface area contributed by atoms with Gasteiger partial charge in [-0.1, -0.05) is 35.9 Å². The lowest BCUT2D eigenvalue weighted by Gasteiger charge is -2.15. The fourth-order valence-corrected chi connectivity index (χ4v) is 2.56. The predicted molar refractivity (Wildman–Crippen MR) is 97.6 cm³/mol. The maximum atomic E-state index is 11.9. The van der Waals surface area contributed by atoms with E-state index in [1.54, 1.807) is 7.11 Å². The lowest BCUT2D eigenvalue weighted by atomic mass is 10.1. The van der Waals surface area contributed by atoms with Crippen LogP contribution >= 0.6 is 11.6 Å². The van der Waals surface area contributed by atoms with Crippen molar-refractivity contribution in [1.29, 1.82) is 0 Å². The monoisotopic (exact) mass is 346 g/mol. The second-order valence-electron chi connectivity index (χ2n) is 5.74. The third-order valence-corrected chi connectivity index (χ3v) is 3.98. The first-order valence-electron chi connectivity index (χ1n) is 7.98. The summed E-state index contributed by atoms with van der Waals surface area (Å²) in [6, 6.07) is 15.4. The van der Waals surface area contributed by atoms with Gasteiger partial charge >= 0.3 is 6.03 Å². The molecule has 5 heteroatoms. The summed E-state index contributed by atoms with van der Waals surface area (Å²) >= 11 is 5.93. The Kier molecular flexibility index (Phi) is 6.94. The number of hydrogen-bond donors (Lipinski definition) is 2. The molecular weight excluding hydrogens is 324 g/mol. The first kappa shape index (κ1) is 18.1. The number of amides is 2. The van der Waals surface area contributed by atoms with Gasteiger partial charge in [-0.05, 0) is 55.2 Å². The second kappa shape index (κ2) is 9.18. The summed E-state index contributed by atoms with van der Waals surface area (Å²) in [5.41, 5.74) is 2.20. The lowest BCUT2D eigenvalue weighted by Crippen LogP contribution is -2.40. The molecule has 4 nitrogen and oxygen atoms in total. The fourth-order valence-electron chi connectivity index (χ4n) is 2.35. The van der Waals surface area contributed by atoms with E-state index in [2.05, 4.69) is 10.6 Å². The average molecular weight is 347 g/mol. The van der Waals surface area contributed by atoms with Crippen molar-refractivity contribution in [3.05, 3.63) is 64.7 Å². The Morgan fingerprint density at radius 1 is 1.17 bits per heavy atom. The SMILES string of the molecule is COc1ccc(CCC(C)NC(=O)NCc2cccc(Cl)c2)cc1. The molecule has 0 aliphatic heterocycles. The molecule has 0 aromatic heterocycles. The average Bonchev–Trinajstić information content (AvgIpc) is 2.59. The number of hydrogen-bond acceptors (Lipinski definition) is 2. The largest absolute Gasteiger partial charge is 0.497 e. The molecule has 2 N–H and O–H groups in total. The topological polar surface area (TPSA) is 50.4 Å². The van der Waals surface area contributed by atoms with Crippen molar-refractivity contribution in [3.63, 3.8) is 0 Å². The quantitative estimate of drug-likeness (QED) is 0.790. The highest BCUT2D eigenvalue weighted by Gasteiger charge is 2.07. The molecule has 0 aliphatic rings. The molecule has 0 bridgehead atoms. The van der Waals surface area contributed by atoms with Crippen LogP contribution in [0.15, 0.2) is 48.5 Å². The van der Waals surface area contributed by atoms with Crippen LogP contribution in [-0.2, 0) is 13.0 Å². The van der Waals surface area contributed by atoms with E-state index in [1.807, 2.05) is 55.5 Å². The van der Waals surface area contributed by atoms with Crippen molar-refractivity contribution in [1.82, 2.24) is 10.6 Å². The lowest BCUT2D eigenvalue weighted by molar-refractivity contribution is 0.237. The Hall–Kier alpha value is -2.20. The molecule has 2 amide bonds. The molecule has 0 saturated heterocycles. The van der Waals surface area contributed by atoms with Gasteiger partial charge in [0.2, 0.25) is 0 Å². The number of nitrogens with one attached hydrogen (secondary N) is 2. The van der Waals surface area contributed by atoms with E-state index >= 15 is 0 Å². The smallest absolute Gasteiger partial charge is 0.315 e. The molecule has 0 fully saturated rings. The normalized spacial score (nSPS) is 11.6. The molecule has 24 heavy (non-hydrogen) atoms. The van der Waals surface area contributed by atoms with Crippen LogP contribution in [0.3, 0.4) is 0 Å². The minimum Gasteiger partial charge on any atom is -0.497 e. The number of carbonyl (C=O) groups is 1. The zero-order valence-electron chi connectivity index (χ0n) is 14.0. The molecule has 0 radical (unpaired) electrons. The molecule has 0 heterocycles. The van der Waals surface area contributed by atoms with Gasteiger partial charge in [-0.25, -0.2) is 4.79 Å². The van der Waals surface area contributed by atoms with E-state index in [0.29, 0.717) is 11.6 Å². The van der Waals surface area contributed by atoms with E-state index in [1.165, 1.54) is 5.56 Å². The van der Waals surface area contributed by atoms with Gasteiger partial charge in [-0.15, -0.1) is 0 Å². The number of aryl methyl sites for hydroxylation is 1. The van der Waals surface area contributed by atoms with Crippen molar-refractivity contribution in [2.45, 2.75) is 32.4 Å². The van der Waals surface area contributed by atoms with Crippen molar-refractivity contribution >= 4 is 17.6 Å². The summed E-state index contributed by atoms with van der Waals surface area (Å²) in [7, 11) is 1.66. The molecule has 1 atom stereocenters. The summed E-state index contributed by atoms with van der Waals surface area (Å²) in [6.07, 6.45) is 1.77. The van der Waals surface area contributed by atoms with Crippen LogP contribution in [0.4, 0.5) is 4.79 Å². The minimum absolute atomic E-state index is 0.0893. The van der Waals surface area contributed by atoms with E-state index in [-0.39, 0.29) is 12.1 Å². The summed E-state index contributed by atoms with van der Waals surface area (Å²) in [5.74, 6) is 0.852. The second-order valence-corrected chi connectivity index (χ2v) is 6.18. The molecular formula is C19H23ClN2O2. The molecule has 0 spiro atoms. The zero-order chi connectivity index (χ0) is 17.4. The van der Waals surface area contributed by atoms with E-state index in [4.69, 9.17) is 16.3 Å². The van der Waals surface area contributed by atoms with E-state index in [9.17, 15) is 4.79 Å². The van der Waals surface area contributed by atoms with Crippen LogP contribution in [0.5, 0.6) is 5.75 Å². The Morgan fingerprint density at radius 2 is 1.92 bits per heavy atom. The fraction of sp³-hybridized carbons (Fsp3) is 0.316. The highest BCUT2D eigenvalue weighted by molar-refractivity contribution is 6.30. The highest BCUT2D eigenvalue weighted by atomic mass is 35.5. The van der Waals surface area contributed by atoms with Crippen LogP contribution < -0.4 is 15.4 Å². The van der Waals surface area contributed by atoms with Gasteiger partial charge in [0.05, 0.1) is 7.11 Å². The number of urea groups is 1. The number of halogens is 1. The Balaban J connectivity index is 1.70. The van der Waals surface area contributed by atoms with Gasteiger partial charge in [-0.2, -0.15) is 0 Å². The van der Waals surface area contributed by atoms with Crippen LogP contribution in [0.1, 0.15) is 24.5 Å². The standard InChI is InChI=1S/C19H23ClN2O2/c1-14(6-7-15-8-10-18(24-2)11-9-15)22-19(23)21-13-16-4-3-5-17(20)12-16/h3-5,8-12,14H,6-7,13H2,1-2H3,(H2,21,22,23). The zero-order valence-corrected chi connectivity index (χ0v) is 14.8. The van der Waals surface area contributed by atoms with Gasteiger partial charge in [0.1, 0.15) is 5.75 Å². The maximum Gasteiger partial charge on any atom is 0.315 e. The highest BCUT2D eigenvalue weighted by Crippen LogP contribution is 2.13. The molecule has 128 valence electrons. The van der Waals surface area contributed by atoms with Crippen molar-refractivity contribution in [2.24, 2.45) is 0 Å². The van der Waals surface area contributed by atoms with Gasteiger partial charge in [0.25, 0.3) is 0 Å². The van der Waals surface area contributed by atoms with Gasteiger partial charge < -0.3 is 15.4 Å². The van der Waals surface area contributed by atoms with Gasteiger partial charge in [0, 0.05) is 17.6 Å². The third-order valence-electron chi connectivity index (χ3n) is 3.74. The molecule has 2 aromatic rings. The minimum atomic E-state index is -0.169. The van der Waals surface area contributed by atoms with Crippen molar-refractivity contribution in [2.75, 3.05) is 7.11 Å². The molecule has 2 rings (SSSR count). The van der Waals surface area contributed by atoms with E-state index < -0.39 is 0 Å². The Bertz CT molecular complexity index is 659. The van der Waals surface area contributed by atoms with Crippen LogP contribution in [0, 0.1) is 0 Å². The van der Waals surface area contributed by atoms with Crippen LogP contribution in [0.2, 0.25) is 5.02 Å². The Labute approximate surface area is 148 Å².